The van der Waals surface area contributed by atoms with Crippen molar-refractivity contribution in [1.82, 2.24) is 15.5 Å². The van der Waals surface area contributed by atoms with Crippen molar-refractivity contribution in [1.29, 1.82) is 0 Å². The van der Waals surface area contributed by atoms with Gasteiger partial charge in [0.2, 0.25) is 11.8 Å². The fourth-order valence-electron chi connectivity index (χ4n) is 1.85. The lowest BCUT2D eigenvalue weighted by Crippen LogP contribution is -2.46. The Labute approximate surface area is 90.2 Å². The fourth-order valence-corrected chi connectivity index (χ4v) is 1.85. The molecule has 5 nitrogen and oxygen atoms in total. The molecule has 1 aliphatic rings. The third kappa shape index (κ3) is 3.51. The van der Waals surface area contributed by atoms with Crippen LogP contribution in [0.3, 0.4) is 0 Å². The van der Waals surface area contributed by atoms with E-state index in [1.807, 2.05) is 11.8 Å². The van der Waals surface area contributed by atoms with Crippen LogP contribution < -0.4 is 10.6 Å². The Bertz CT molecular complexity index is 237. The number of nitrogens with zero attached hydrogens (tertiary/aromatic N) is 1. The van der Waals surface area contributed by atoms with Crippen molar-refractivity contribution >= 4 is 11.8 Å². The number of rotatable bonds is 4. The van der Waals surface area contributed by atoms with Crippen LogP contribution in [-0.4, -0.2) is 48.9 Å². The minimum Gasteiger partial charge on any atom is -0.347 e. The van der Waals surface area contributed by atoms with Crippen LogP contribution in [0.25, 0.3) is 0 Å². The van der Waals surface area contributed by atoms with Crippen LogP contribution in [0.2, 0.25) is 0 Å². The van der Waals surface area contributed by atoms with Gasteiger partial charge in [0.25, 0.3) is 0 Å². The topological polar surface area (TPSA) is 61.4 Å². The molecule has 1 saturated heterocycles. The summed E-state index contributed by atoms with van der Waals surface area (Å²) in [5.41, 5.74) is 0. The second-order valence-corrected chi connectivity index (χ2v) is 3.74. The van der Waals surface area contributed by atoms with E-state index in [-0.39, 0.29) is 24.4 Å². The molecule has 0 aliphatic carbocycles. The van der Waals surface area contributed by atoms with Gasteiger partial charge >= 0.3 is 0 Å². The number of carbonyl (C=O) groups excluding carboxylic acids is 2. The Morgan fingerprint density at radius 3 is 2.73 bits per heavy atom. The van der Waals surface area contributed by atoms with Crippen LogP contribution in [0.1, 0.15) is 20.3 Å². The van der Waals surface area contributed by atoms with Gasteiger partial charge in [-0.15, -0.1) is 0 Å². The highest BCUT2D eigenvalue weighted by Crippen LogP contribution is 2.07. The first kappa shape index (κ1) is 12.0. The predicted molar refractivity (Wildman–Crippen MR) is 57.3 cm³/mol. The predicted octanol–water partition coefficient (Wildman–Crippen LogP) is -0.667. The highest BCUT2D eigenvalue weighted by Gasteiger charge is 2.24. The molecule has 0 radical (unpaired) electrons. The van der Waals surface area contributed by atoms with Crippen molar-refractivity contribution in [3.05, 3.63) is 0 Å². The molecule has 1 fully saturated rings. The van der Waals surface area contributed by atoms with E-state index in [2.05, 4.69) is 10.6 Å². The van der Waals surface area contributed by atoms with Gasteiger partial charge in [-0.2, -0.15) is 0 Å². The molecule has 0 aromatic rings. The quantitative estimate of drug-likeness (QED) is 0.651. The molecule has 0 saturated carbocycles. The molecule has 5 heteroatoms. The molecule has 2 N–H and O–H groups in total. The molecule has 1 atom stereocenters. The van der Waals surface area contributed by atoms with Gasteiger partial charge in [0.05, 0.1) is 6.54 Å². The Hall–Kier alpha value is -1.10. The summed E-state index contributed by atoms with van der Waals surface area (Å²) in [7, 11) is 0. The summed E-state index contributed by atoms with van der Waals surface area (Å²) in [6.07, 6.45) is 1.000. The third-order valence-electron chi connectivity index (χ3n) is 2.62. The summed E-state index contributed by atoms with van der Waals surface area (Å²) < 4.78 is 0. The molecule has 2 amide bonds. The molecule has 1 unspecified atom stereocenters. The Morgan fingerprint density at radius 1 is 1.53 bits per heavy atom. The Kier molecular flexibility index (Phi) is 4.55. The molecule has 1 rings (SSSR count). The van der Waals surface area contributed by atoms with Gasteiger partial charge in [-0.05, 0) is 19.9 Å². The zero-order valence-electron chi connectivity index (χ0n) is 9.38. The van der Waals surface area contributed by atoms with E-state index in [0.29, 0.717) is 6.54 Å². The summed E-state index contributed by atoms with van der Waals surface area (Å²) in [5.74, 6) is -0.162. The number of likely N-dealkylation sites (N-methyl/N-ethyl adjacent to an activating group) is 1. The molecule has 0 bridgehead atoms. The van der Waals surface area contributed by atoms with Crippen molar-refractivity contribution in [3.63, 3.8) is 0 Å². The monoisotopic (exact) mass is 213 g/mol. The number of carbonyl (C=O) groups is 2. The molecule has 1 aliphatic heterocycles. The maximum absolute atomic E-state index is 11.7. The molecular formula is C10H19N3O2. The zero-order chi connectivity index (χ0) is 11.3. The van der Waals surface area contributed by atoms with Crippen LogP contribution in [-0.2, 0) is 9.59 Å². The largest absolute Gasteiger partial charge is 0.347 e. The first-order chi connectivity index (χ1) is 7.15. The number of hydrogen-bond acceptors (Lipinski definition) is 3. The highest BCUT2D eigenvalue weighted by molar-refractivity contribution is 5.83. The van der Waals surface area contributed by atoms with Crippen molar-refractivity contribution < 1.29 is 9.59 Å². The highest BCUT2D eigenvalue weighted by atomic mass is 16.2. The number of nitrogens with one attached hydrogen (secondary N) is 2. The Morgan fingerprint density at radius 2 is 2.27 bits per heavy atom. The maximum Gasteiger partial charge on any atom is 0.242 e. The van der Waals surface area contributed by atoms with Gasteiger partial charge in [-0.3, -0.25) is 9.59 Å². The van der Waals surface area contributed by atoms with E-state index in [1.54, 1.807) is 0 Å². The van der Waals surface area contributed by atoms with E-state index in [1.165, 1.54) is 6.92 Å². The average molecular weight is 213 g/mol. The SMILES string of the molecule is CCN(C(=O)CNC(C)=O)C1CCNC1. The Balaban J connectivity index is 2.42. The smallest absolute Gasteiger partial charge is 0.242 e. The fraction of sp³-hybridized carbons (Fsp3) is 0.800. The standard InChI is InChI=1S/C10H19N3O2/c1-3-13(9-4-5-11-6-9)10(15)7-12-8(2)14/h9,11H,3-7H2,1-2H3,(H,12,14). The summed E-state index contributed by atoms with van der Waals surface area (Å²) in [6, 6.07) is 0.288. The molecule has 15 heavy (non-hydrogen) atoms. The van der Waals surface area contributed by atoms with Crippen LogP contribution in [0.4, 0.5) is 0 Å². The molecule has 0 aromatic heterocycles. The van der Waals surface area contributed by atoms with Gasteiger partial charge in [-0.1, -0.05) is 0 Å². The zero-order valence-corrected chi connectivity index (χ0v) is 9.38. The lowest BCUT2D eigenvalue weighted by Gasteiger charge is -2.27. The number of amides is 2. The van der Waals surface area contributed by atoms with Crippen molar-refractivity contribution in [3.8, 4) is 0 Å². The van der Waals surface area contributed by atoms with Gasteiger partial charge < -0.3 is 15.5 Å². The van der Waals surface area contributed by atoms with Gasteiger partial charge in [0.15, 0.2) is 0 Å². The van der Waals surface area contributed by atoms with Crippen LogP contribution >= 0.6 is 0 Å². The molecule has 0 spiro atoms. The molecule has 0 aromatic carbocycles. The van der Waals surface area contributed by atoms with E-state index >= 15 is 0 Å². The van der Waals surface area contributed by atoms with Crippen LogP contribution in [0.15, 0.2) is 0 Å². The normalized spacial score (nSPS) is 20.0. The van der Waals surface area contributed by atoms with E-state index < -0.39 is 0 Å². The van der Waals surface area contributed by atoms with Crippen molar-refractivity contribution in [2.45, 2.75) is 26.3 Å². The lowest BCUT2D eigenvalue weighted by atomic mass is 10.2. The second-order valence-electron chi connectivity index (χ2n) is 3.74. The van der Waals surface area contributed by atoms with Gasteiger partial charge in [-0.25, -0.2) is 0 Å². The number of hydrogen-bond donors (Lipinski definition) is 2. The summed E-state index contributed by atoms with van der Waals surface area (Å²) in [6.45, 7) is 6.02. The molecule has 86 valence electrons. The van der Waals surface area contributed by atoms with Gasteiger partial charge in [0, 0.05) is 26.1 Å². The molecule has 1 heterocycles. The van der Waals surface area contributed by atoms with Crippen molar-refractivity contribution in [2.75, 3.05) is 26.2 Å². The average Bonchev–Trinajstić information content (AvgIpc) is 2.69. The first-order valence-corrected chi connectivity index (χ1v) is 5.39. The minimum atomic E-state index is -0.163. The first-order valence-electron chi connectivity index (χ1n) is 5.39. The van der Waals surface area contributed by atoms with Crippen molar-refractivity contribution in [2.24, 2.45) is 0 Å². The van der Waals surface area contributed by atoms with Gasteiger partial charge in [0.1, 0.15) is 0 Å². The summed E-state index contributed by atoms with van der Waals surface area (Å²) >= 11 is 0. The summed E-state index contributed by atoms with van der Waals surface area (Å²) in [4.78, 5) is 24.3. The third-order valence-corrected chi connectivity index (χ3v) is 2.62. The molecular weight excluding hydrogens is 194 g/mol. The lowest BCUT2D eigenvalue weighted by molar-refractivity contribution is -0.134. The minimum absolute atomic E-state index is 0.00130. The van der Waals surface area contributed by atoms with Crippen LogP contribution in [0.5, 0.6) is 0 Å². The van der Waals surface area contributed by atoms with E-state index in [4.69, 9.17) is 0 Å². The maximum atomic E-state index is 11.7. The van der Waals surface area contributed by atoms with E-state index in [0.717, 1.165) is 19.5 Å². The van der Waals surface area contributed by atoms with Crippen LogP contribution in [0, 0.1) is 0 Å². The second kappa shape index (κ2) is 5.70. The summed E-state index contributed by atoms with van der Waals surface area (Å²) in [5, 5.41) is 5.76. The van der Waals surface area contributed by atoms with E-state index in [9.17, 15) is 9.59 Å².